The van der Waals surface area contributed by atoms with Gasteiger partial charge in [-0.1, -0.05) is 11.6 Å². The van der Waals surface area contributed by atoms with Crippen molar-refractivity contribution in [2.75, 3.05) is 21.3 Å². The van der Waals surface area contributed by atoms with E-state index in [9.17, 15) is 4.79 Å². The molecular formula is C16H15ClO4. The number of hydrogen-bond acceptors (Lipinski definition) is 4. The van der Waals surface area contributed by atoms with E-state index in [2.05, 4.69) is 0 Å². The second kappa shape index (κ2) is 6.50. The monoisotopic (exact) mass is 306 g/mol. The summed E-state index contributed by atoms with van der Waals surface area (Å²) in [5.74, 6) is 1.40. The number of carbonyl (C=O) groups is 1. The summed E-state index contributed by atoms with van der Waals surface area (Å²) in [5, 5.41) is 0.456. The molecule has 2 rings (SSSR count). The summed E-state index contributed by atoms with van der Waals surface area (Å²) in [6.07, 6.45) is 0. The Morgan fingerprint density at radius 2 is 1.48 bits per heavy atom. The maximum absolute atomic E-state index is 12.6. The lowest BCUT2D eigenvalue weighted by atomic mass is 10.0. The number of rotatable bonds is 5. The van der Waals surface area contributed by atoms with Gasteiger partial charge in [-0.2, -0.15) is 0 Å². The van der Waals surface area contributed by atoms with Gasteiger partial charge in [-0.3, -0.25) is 4.79 Å². The SMILES string of the molecule is COc1cc(OC)cc(C(=O)c2ccc(Cl)c(OC)c2)c1. The molecule has 0 saturated carbocycles. The Balaban J connectivity index is 2.44. The zero-order chi connectivity index (χ0) is 15.4. The average molecular weight is 307 g/mol. The van der Waals surface area contributed by atoms with Gasteiger partial charge in [0.1, 0.15) is 17.2 Å². The quantitative estimate of drug-likeness (QED) is 0.792. The highest BCUT2D eigenvalue weighted by molar-refractivity contribution is 6.32. The molecule has 0 aliphatic rings. The predicted octanol–water partition coefficient (Wildman–Crippen LogP) is 3.60. The van der Waals surface area contributed by atoms with Gasteiger partial charge in [-0.25, -0.2) is 0 Å². The van der Waals surface area contributed by atoms with E-state index < -0.39 is 0 Å². The minimum absolute atomic E-state index is 0.165. The third-order valence-electron chi connectivity index (χ3n) is 3.03. The Bertz CT molecular complexity index is 645. The second-order valence-corrected chi connectivity index (χ2v) is 4.69. The number of benzene rings is 2. The summed E-state index contributed by atoms with van der Waals surface area (Å²) in [7, 11) is 4.58. The molecule has 0 heterocycles. The van der Waals surface area contributed by atoms with Crippen LogP contribution < -0.4 is 14.2 Å². The lowest BCUT2D eigenvalue weighted by Gasteiger charge is -2.09. The first-order valence-electron chi connectivity index (χ1n) is 6.20. The Hall–Kier alpha value is -2.20. The molecule has 0 spiro atoms. The van der Waals surface area contributed by atoms with Crippen LogP contribution in [0, 0.1) is 0 Å². The van der Waals surface area contributed by atoms with Crippen LogP contribution in [0.1, 0.15) is 15.9 Å². The molecule has 0 amide bonds. The van der Waals surface area contributed by atoms with Crippen LogP contribution in [0.2, 0.25) is 5.02 Å². The molecule has 4 nitrogen and oxygen atoms in total. The van der Waals surface area contributed by atoms with Gasteiger partial charge in [0.25, 0.3) is 0 Å². The van der Waals surface area contributed by atoms with Crippen molar-refractivity contribution < 1.29 is 19.0 Å². The Morgan fingerprint density at radius 3 is 2.00 bits per heavy atom. The number of carbonyl (C=O) groups excluding carboxylic acids is 1. The second-order valence-electron chi connectivity index (χ2n) is 4.28. The summed E-state index contributed by atoms with van der Waals surface area (Å²) in [6, 6.07) is 9.91. The standard InChI is InChI=1S/C16H15ClO4/c1-19-12-6-11(7-13(9-12)20-2)16(18)10-4-5-14(17)15(8-10)21-3/h4-9H,1-3H3. The first-order chi connectivity index (χ1) is 10.1. The molecule has 0 fully saturated rings. The normalized spacial score (nSPS) is 10.1. The summed E-state index contributed by atoms with van der Waals surface area (Å²) >= 11 is 5.97. The molecule has 21 heavy (non-hydrogen) atoms. The fourth-order valence-electron chi connectivity index (χ4n) is 1.91. The van der Waals surface area contributed by atoms with Crippen LogP contribution in [0.4, 0.5) is 0 Å². The molecule has 0 N–H and O–H groups in total. The van der Waals surface area contributed by atoms with Crippen LogP contribution in [0.5, 0.6) is 17.2 Å². The van der Waals surface area contributed by atoms with E-state index in [1.807, 2.05) is 0 Å². The molecule has 2 aromatic rings. The van der Waals surface area contributed by atoms with Gasteiger partial charge < -0.3 is 14.2 Å². The lowest BCUT2D eigenvalue weighted by Crippen LogP contribution is -2.03. The van der Waals surface area contributed by atoms with E-state index in [0.29, 0.717) is 33.4 Å². The summed E-state index contributed by atoms with van der Waals surface area (Å²) in [6.45, 7) is 0. The molecule has 0 aliphatic heterocycles. The largest absolute Gasteiger partial charge is 0.497 e. The highest BCUT2D eigenvalue weighted by atomic mass is 35.5. The first kappa shape index (κ1) is 15.2. The van der Waals surface area contributed by atoms with E-state index >= 15 is 0 Å². The van der Waals surface area contributed by atoms with Crippen LogP contribution in [-0.4, -0.2) is 27.1 Å². The van der Waals surface area contributed by atoms with Crippen molar-refractivity contribution in [3.8, 4) is 17.2 Å². The molecule has 0 aliphatic carbocycles. The van der Waals surface area contributed by atoms with Crippen molar-refractivity contribution in [2.24, 2.45) is 0 Å². The molecule has 0 unspecified atom stereocenters. The lowest BCUT2D eigenvalue weighted by molar-refractivity contribution is 0.103. The zero-order valence-corrected chi connectivity index (χ0v) is 12.7. The number of ether oxygens (including phenoxy) is 3. The minimum atomic E-state index is -0.165. The van der Waals surface area contributed by atoms with Gasteiger partial charge in [-0.05, 0) is 30.3 Å². The summed E-state index contributed by atoms with van der Waals surface area (Å²) < 4.78 is 15.5. The maximum Gasteiger partial charge on any atom is 0.193 e. The number of methoxy groups -OCH3 is 3. The maximum atomic E-state index is 12.6. The third-order valence-corrected chi connectivity index (χ3v) is 3.34. The van der Waals surface area contributed by atoms with Crippen LogP contribution in [0.25, 0.3) is 0 Å². The Labute approximate surface area is 128 Å². The first-order valence-corrected chi connectivity index (χ1v) is 6.58. The minimum Gasteiger partial charge on any atom is -0.497 e. The molecule has 2 aromatic carbocycles. The topological polar surface area (TPSA) is 44.8 Å². The van der Waals surface area contributed by atoms with Crippen LogP contribution in [-0.2, 0) is 0 Å². The third kappa shape index (κ3) is 3.28. The van der Waals surface area contributed by atoms with Crippen LogP contribution >= 0.6 is 11.6 Å². The molecule has 0 aromatic heterocycles. The van der Waals surface area contributed by atoms with Crippen molar-refractivity contribution in [1.82, 2.24) is 0 Å². The van der Waals surface area contributed by atoms with Gasteiger partial charge in [0, 0.05) is 17.2 Å². The molecule has 0 saturated heterocycles. The molecule has 0 atom stereocenters. The molecule has 5 heteroatoms. The van der Waals surface area contributed by atoms with Crippen LogP contribution in [0.15, 0.2) is 36.4 Å². The average Bonchev–Trinajstić information content (AvgIpc) is 2.54. The zero-order valence-electron chi connectivity index (χ0n) is 12.0. The van der Waals surface area contributed by atoms with Crippen molar-refractivity contribution >= 4 is 17.4 Å². The van der Waals surface area contributed by atoms with Gasteiger partial charge in [-0.15, -0.1) is 0 Å². The van der Waals surface area contributed by atoms with E-state index in [1.165, 1.54) is 21.3 Å². The van der Waals surface area contributed by atoms with Crippen molar-refractivity contribution in [3.05, 3.63) is 52.5 Å². The van der Waals surface area contributed by atoms with Gasteiger partial charge in [0.2, 0.25) is 0 Å². The van der Waals surface area contributed by atoms with Gasteiger partial charge in [0.05, 0.1) is 26.4 Å². The predicted molar refractivity (Wildman–Crippen MR) is 81.0 cm³/mol. The van der Waals surface area contributed by atoms with Crippen LogP contribution in [0.3, 0.4) is 0 Å². The van der Waals surface area contributed by atoms with E-state index in [-0.39, 0.29) is 5.78 Å². The Morgan fingerprint density at radius 1 is 0.857 bits per heavy atom. The smallest absolute Gasteiger partial charge is 0.193 e. The van der Waals surface area contributed by atoms with Crippen molar-refractivity contribution in [3.63, 3.8) is 0 Å². The number of hydrogen-bond donors (Lipinski definition) is 0. The molecule has 0 bridgehead atoms. The molecular weight excluding hydrogens is 292 g/mol. The van der Waals surface area contributed by atoms with Crippen molar-refractivity contribution in [2.45, 2.75) is 0 Å². The van der Waals surface area contributed by atoms with Gasteiger partial charge in [0.15, 0.2) is 5.78 Å². The fraction of sp³-hybridized carbons (Fsp3) is 0.188. The Kier molecular flexibility index (Phi) is 4.70. The molecule has 110 valence electrons. The highest BCUT2D eigenvalue weighted by Gasteiger charge is 2.14. The molecule has 0 radical (unpaired) electrons. The van der Waals surface area contributed by atoms with E-state index in [1.54, 1.807) is 36.4 Å². The van der Waals surface area contributed by atoms with Crippen molar-refractivity contribution in [1.29, 1.82) is 0 Å². The van der Waals surface area contributed by atoms with E-state index in [0.717, 1.165) is 0 Å². The fourth-order valence-corrected chi connectivity index (χ4v) is 2.10. The summed E-state index contributed by atoms with van der Waals surface area (Å²) in [4.78, 5) is 12.6. The van der Waals surface area contributed by atoms with E-state index in [4.69, 9.17) is 25.8 Å². The number of ketones is 1. The summed E-state index contributed by atoms with van der Waals surface area (Å²) in [5.41, 5.74) is 0.946. The number of halogens is 1. The highest BCUT2D eigenvalue weighted by Crippen LogP contribution is 2.28. The van der Waals surface area contributed by atoms with Gasteiger partial charge >= 0.3 is 0 Å².